The van der Waals surface area contributed by atoms with Crippen LogP contribution in [0.5, 0.6) is 0 Å². The van der Waals surface area contributed by atoms with Crippen LogP contribution < -0.4 is 5.73 Å². The van der Waals surface area contributed by atoms with Gasteiger partial charge in [0.05, 0.1) is 17.2 Å². The van der Waals surface area contributed by atoms with Crippen molar-refractivity contribution in [2.24, 2.45) is 5.92 Å². The number of nitrogen functional groups attached to an aromatic ring is 1. The van der Waals surface area contributed by atoms with Gasteiger partial charge in [0.1, 0.15) is 5.82 Å². The summed E-state index contributed by atoms with van der Waals surface area (Å²) < 4.78 is 24.7. The monoisotopic (exact) mass is 243 g/mol. The van der Waals surface area contributed by atoms with E-state index in [9.17, 15) is 8.42 Å². The molecule has 2 N–H and O–H groups in total. The fourth-order valence-electron chi connectivity index (χ4n) is 1.95. The number of aryl methyl sites for hydroxylation is 1. The lowest BCUT2D eigenvalue weighted by molar-refractivity contribution is 0.485. The number of anilines is 1. The molecule has 1 aromatic rings. The fourth-order valence-corrected chi connectivity index (χ4v) is 3.35. The maximum absolute atomic E-state index is 11.5. The quantitative estimate of drug-likeness (QED) is 0.824. The molecule has 0 aromatic carbocycles. The minimum absolute atomic E-state index is 0.0479. The molecule has 0 spiro atoms. The molecule has 90 valence electrons. The van der Waals surface area contributed by atoms with Crippen LogP contribution in [0.25, 0.3) is 0 Å². The minimum Gasteiger partial charge on any atom is -0.384 e. The Kier molecular flexibility index (Phi) is 2.69. The first kappa shape index (κ1) is 11.4. The van der Waals surface area contributed by atoms with Crippen LogP contribution in [0.4, 0.5) is 5.82 Å². The van der Waals surface area contributed by atoms with Gasteiger partial charge in [-0.1, -0.05) is 13.8 Å². The third-order valence-corrected chi connectivity index (χ3v) is 4.28. The van der Waals surface area contributed by atoms with Crippen molar-refractivity contribution in [3.63, 3.8) is 0 Å². The molecule has 0 bridgehead atoms. The van der Waals surface area contributed by atoms with E-state index in [0.717, 1.165) is 12.2 Å². The Balaban J connectivity index is 2.38. The Hall–Kier alpha value is -1.04. The number of fused-ring (bicyclic) bond motifs is 1. The topological polar surface area (TPSA) is 78.0 Å². The van der Waals surface area contributed by atoms with Crippen LogP contribution in [-0.2, 0) is 28.6 Å². The van der Waals surface area contributed by atoms with Crippen molar-refractivity contribution in [1.82, 2.24) is 9.78 Å². The molecule has 5 nitrogen and oxygen atoms in total. The number of nitrogens with zero attached hydrogens (tertiary/aromatic N) is 2. The SMILES string of the molecule is CC(C)Cn1nc2c(c1N)CS(=O)(=O)CC2. The zero-order valence-electron chi connectivity index (χ0n) is 9.60. The van der Waals surface area contributed by atoms with Gasteiger partial charge in [-0.3, -0.25) is 0 Å². The molecule has 16 heavy (non-hydrogen) atoms. The van der Waals surface area contributed by atoms with Gasteiger partial charge in [-0.25, -0.2) is 13.1 Å². The van der Waals surface area contributed by atoms with Gasteiger partial charge in [-0.15, -0.1) is 0 Å². The molecule has 2 rings (SSSR count). The average molecular weight is 243 g/mol. The zero-order valence-corrected chi connectivity index (χ0v) is 10.4. The van der Waals surface area contributed by atoms with Gasteiger partial charge in [-0.2, -0.15) is 5.10 Å². The summed E-state index contributed by atoms with van der Waals surface area (Å²) in [6.45, 7) is 4.90. The lowest BCUT2D eigenvalue weighted by atomic mass is 10.2. The van der Waals surface area contributed by atoms with Gasteiger partial charge < -0.3 is 5.73 Å². The molecule has 0 saturated heterocycles. The van der Waals surface area contributed by atoms with E-state index in [1.807, 2.05) is 0 Å². The van der Waals surface area contributed by atoms with E-state index < -0.39 is 9.84 Å². The first-order valence-corrected chi connectivity index (χ1v) is 7.25. The van der Waals surface area contributed by atoms with Crippen LogP contribution in [0.2, 0.25) is 0 Å². The van der Waals surface area contributed by atoms with Crippen LogP contribution in [0, 0.1) is 5.92 Å². The summed E-state index contributed by atoms with van der Waals surface area (Å²) in [5.74, 6) is 1.21. The fraction of sp³-hybridized carbons (Fsp3) is 0.700. The summed E-state index contributed by atoms with van der Waals surface area (Å²) in [6.07, 6.45) is 0.493. The highest BCUT2D eigenvalue weighted by Crippen LogP contribution is 2.25. The highest BCUT2D eigenvalue weighted by Gasteiger charge is 2.27. The summed E-state index contributed by atoms with van der Waals surface area (Å²) in [6, 6.07) is 0. The number of hydrogen-bond donors (Lipinski definition) is 1. The zero-order chi connectivity index (χ0) is 11.9. The van der Waals surface area contributed by atoms with Crippen molar-refractivity contribution < 1.29 is 8.42 Å². The largest absolute Gasteiger partial charge is 0.384 e. The lowest BCUT2D eigenvalue weighted by Gasteiger charge is -2.10. The van der Waals surface area contributed by atoms with Crippen LogP contribution in [0.3, 0.4) is 0 Å². The molecule has 0 amide bonds. The molecule has 1 aliphatic rings. The second-order valence-electron chi connectivity index (χ2n) is 4.73. The standard InChI is InChI=1S/C10H17N3O2S/c1-7(2)5-13-10(11)8-6-16(14,15)4-3-9(8)12-13/h7H,3-6,11H2,1-2H3. The van der Waals surface area contributed by atoms with Crippen molar-refractivity contribution in [3.05, 3.63) is 11.3 Å². The van der Waals surface area contributed by atoms with Crippen LogP contribution >= 0.6 is 0 Å². The Morgan fingerprint density at radius 1 is 1.50 bits per heavy atom. The molecule has 0 aliphatic carbocycles. The highest BCUT2D eigenvalue weighted by atomic mass is 32.2. The molecule has 0 radical (unpaired) electrons. The van der Waals surface area contributed by atoms with E-state index in [0.29, 0.717) is 23.7 Å². The van der Waals surface area contributed by atoms with Crippen molar-refractivity contribution in [1.29, 1.82) is 0 Å². The van der Waals surface area contributed by atoms with Crippen LogP contribution in [0.15, 0.2) is 0 Å². The minimum atomic E-state index is -2.97. The second kappa shape index (κ2) is 3.76. The normalized spacial score (nSPS) is 18.7. The van der Waals surface area contributed by atoms with E-state index in [1.165, 1.54) is 0 Å². The smallest absolute Gasteiger partial charge is 0.155 e. The molecule has 0 unspecified atom stereocenters. The molecule has 2 heterocycles. The summed E-state index contributed by atoms with van der Waals surface area (Å²) in [4.78, 5) is 0. The predicted octanol–water partition coefficient (Wildman–Crippen LogP) is 0.592. The molecule has 0 saturated carbocycles. The van der Waals surface area contributed by atoms with Gasteiger partial charge in [0, 0.05) is 18.5 Å². The average Bonchev–Trinajstić information content (AvgIpc) is 2.43. The molecule has 0 fully saturated rings. The van der Waals surface area contributed by atoms with E-state index in [-0.39, 0.29) is 11.5 Å². The van der Waals surface area contributed by atoms with E-state index in [4.69, 9.17) is 5.73 Å². The first-order valence-electron chi connectivity index (χ1n) is 5.43. The van der Waals surface area contributed by atoms with Gasteiger partial charge in [0.15, 0.2) is 9.84 Å². The summed E-state index contributed by atoms with van der Waals surface area (Å²) in [5.41, 5.74) is 7.50. The van der Waals surface area contributed by atoms with Crippen LogP contribution in [-0.4, -0.2) is 24.0 Å². The second-order valence-corrected chi connectivity index (χ2v) is 6.91. The van der Waals surface area contributed by atoms with Crippen molar-refractivity contribution in [3.8, 4) is 0 Å². The van der Waals surface area contributed by atoms with Gasteiger partial charge in [0.25, 0.3) is 0 Å². The maximum atomic E-state index is 11.5. The Labute approximate surface area is 95.6 Å². The summed E-state index contributed by atoms with van der Waals surface area (Å²) in [5, 5.41) is 4.38. The molecule has 6 heteroatoms. The molecular weight excluding hydrogens is 226 g/mol. The van der Waals surface area contributed by atoms with Crippen molar-refractivity contribution >= 4 is 15.7 Å². The molecule has 1 aliphatic heterocycles. The summed E-state index contributed by atoms with van der Waals surface area (Å²) in [7, 11) is -2.97. The van der Waals surface area contributed by atoms with Gasteiger partial charge in [-0.05, 0) is 5.92 Å². The predicted molar refractivity (Wildman–Crippen MR) is 62.7 cm³/mol. The Bertz CT molecular complexity index is 502. The van der Waals surface area contributed by atoms with Crippen LogP contribution in [0.1, 0.15) is 25.1 Å². The third kappa shape index (κ3) is 2.07. The number of aromatic nitrogens is 2. The van der Waals surface area contributed by atoms with Gasteiger partial charge in [0.2, 0.25) is 0 Å². The first-order chi connectivity index (χ1) is 7.39. The Morgan fingerprint density at radius 3 is 2.81 bits per heavy atom. The van der Waals surface area contributed by atoms with Crippen molar-refractivity contribution in [2.75, 3.05) is 11.5 Å². The Morgan fingerprint density at radius 2 is 2.19 bits per heavy atom. The number of sulfone groups is 1. The number of hydrogen-bond acceptors (Lipinski definition) is 4. The summed E-state index contributed by atoms with van der Waals surface area (Å²) >= 11 is 0. The molecular formula is C10H17N3O2S. The lowest BCUT2D eigenvalue weighted by Crippen LogP contribution is -2.18. The van der Waals surface area contributed by atoms with E-state index in [1.54, 1.807) is 4.68 Å². The van der Waals surface area contributed by atoms with E-state index >= 15 is 0 Å². The van der Waals surface area contributed by atoms with Gasteiger partial charge >= 0.3 is 0 Å². The molecule has 1 aromatic heterocycles. The van der Waals surface area contributed by atoms with Crippen molar-refractivity contribution in [2.45, 2.75) is 32.6 Å². The van der Waals surface area contributed by atoms with E-state index in [2.05, 4.69) is 18.9 Å². The third-order valence-electron chi connectivity index (χ3n) is 2.73. The maximum Gasteiger partial charge on any atom is 0.155 e. The number of nitrogens with two attached hydrogens (primary N) is 1. The highest BCUT2D eigenvalue weighted by molar-refractivity contribution is 7.90. The molecule has 0 atom stereocenters. The number of rotatable bonds is 2.